The molecule has 2 rings (SSSR count). The molecule has 2 aromatic rings. The summed E-state index contributed by atoms with van der Waals surface area (Å²) >= 11 is 0. The predicted molar refractivity (Wildman–Crippen MR) is 77.4 cm³/mol. The number of methoxy groups -OCH3 is 1. The Morgan fingerprint density at radius 3 is 2.47 bits per heavy atom. The number of para-hydroxylation sites is 1. The molecule has 0 radical (unpaired) electrons. The van der Waals surface area contributed by atoms with E-state index >= 15 is 0 Å². The van der Waals surface area contributed by atoms with E-state index in [0.717, 1.165) is 17.0 Å². The van der Waals surface area contributed by atoms with Crippen molar-refractivity contribution in [1.82, 2.24) is 10.3 Å². The Bertz CT molecular complexity index is 513. The van der Waals surface area contributed by atoms with Gasteiger partial charge in [-0.05, 0) is 25.2 Å². The van der Waals surface area contributed by atoms with Gasteiger partial charge in [0.15, 0.2) is 0 Å². The van der Waals surface area contributed by atoms with Gasteiger partial charge in [-0.1, -0.05) is 31.2 Å². The Morgan fingerprint density at radius 2 is 1.84 bits per heavy atom. The predicted octanol–water partition coefficient (Wildman–Crippen LogP) is 3.15. The summed E-state index contributed by atoms with van der Waals surface area (Å²) in [7, 11) is 3.67. The topological polar surface area (TPSA) is 34.1 Å². The van der Waals surface area contributed by atoms with Gasteiger partial charge < -0.3 is 10.1 Å². The van der Waals surface area contributed by atoms with Gasteiger partial charge in [-0.2, -0.15) is 0 Å². The molecule has 0 aliphatic carbocycles. The van der Waals surface area contributed by atoms with Gasteiger partial charge in [0.05, 0.1) is 7.11 Å². The minimum Gasteiger partial charge on any atom is -0.496 e. The van der Waals surface area contributed by atoms with E-state index in [0.29, 0.717) is 0 Å². The van der Waals surface area contributed by atoms with Gasteiger partial charge in [0.25, 0.3) is 0 Å². The van der Waals surface area contributed by atoms with Gasteiger partial charge in [-0.3, -0.25) is 4.98 Å². The van der Waals surface area contributed by atoms with E-state index < -0.39 is 0 Å². The summed E-state index contributed by atoms with van der Waals surface area (Å²) in [6.45, 7) is 2.18. The van der Waals surface area contributed by atoms with Gasteiger partial charge in [0.1, 0.15) is 5.75 Å². The zero-order valence-corrected chi connectivity index (χ0v) is 11.6. The lowest BCUT2D eigenvalue weighted by atomic mass is 9.91. The number of aromatic nitrogens is 1. The highest BCUT2D eigenvalue weighted by molar-refractivity contribution is 5.37. The minimum atomic E-state index is 0.172. The summed E-state index contributed by atoms with van der Waals surface area (Å²) in [4.78, 5) is 4.45. The van der Waals surface area contributed by atoms with Crippen LogP contribution in [-0.4, -0.2) is 19.1 Å². The summed E-state index contributed by atoms with van der Waals surface area (Å²) in [5, 5.41) is 3.37. The molecule has 0 amide bonds. The number of likely N-dealkylation sites (N-methyl/N-ethyl adjacent to an activating group) is 1. The van der Waals surface area contributed by atoms with Crippen LogP contribution >= 0.6 is 0 Å². The zero-order valence-electron chi connectivity index (χ0n) is 11.6. The summed E-state index contributed by atoms with van der Waals surface area (Å²) in [6.07, 6.45) is 1.83. The van der Waals surface area contributed by atoms with Crippen molar-refractivity contribution >= 4 is 0 Å². The number of ether oxygens (including phenoxy) is 1. The molecule has 100 valence electrons. The summed E-state index contributed by atoms with van der Waals surface area (Å²) in [5.41, 5.74) is 2.23. The molecule has 0 spiro atoms. The van der Waals surface area contributed by atoms with Crippen LogP contribution < -0.4 is 10.1 Å². The Hall–Kier alpha value is -1.87. The second-order valence-corrected chi connectivity index (χ2v) is 4.55. The zero-order chi connectivity index (χ0) is 13.7. The highest BCUT2D eigenvalue weighted by Crippen LogP contribution is 2.34. The molecule has 2 atom stereocenters. The Morgan fingerprint density at radius 1 is 1.11 bits per heavy atom. The third kappa shape index (κ3) is 2.93. The number of benzene rings is 1. The van der Waals surface area contributed by atoms with Crippen LogP contribution in [0.4, 0.5) is 0 Å². The van der Waals surface area contributed by atoms with Crippen molar-refractivity contribution in [2.75, 3.05) is 14.2 Å². The number of hydrogen-bond donors (Lipinski definition) is 1. The molecule has 0 saturated heterocycles. The van der Waals surface area contributed by atoms with Crippen molar-refractivity contribution in [3.63, 3.8) is 0 Å². The first-order valence-electron chi connectivity index (χ1n) is 6.49. The molecule has 3 nitrogen and oxygen atoms in total. The van der Waals surface area contributed by atoms with Crippen molar-refractivity contribution in [2.45, 2.75) is 18.9 Å². The van der Waals surface area contributed by atoms with E-state index in [9.17, 15) is 0 Å². The normalized spacial score (nSPS) is 13.8. The van der Waals surface area contributed by atoms with Crippen LogP contribution in [0.5, 0.6) is 5.75 Å². The van der Waals surface area contributed by atoms with Crippen LogP contribution in [0.2, 0.25) is 0 Å². The fraction of sp³-hybridized carbons (Fsp3) is 0.312. The number of nitrogens with one attached hydrogen (secondary N) is 1. The molecule has 1 aromatic carbocycles. The molecule has 0 aliphatic heterocycles. The third-order valence-electron chi connectivity index (χ3n) is 3.44. The highest BCUT2D eigenvalue weighted by Gasteiger charge is 2.22. The average Bonchev–Trinajstić information content (AvgIpc) is 2.49. The molecule has 1 aromatic heterocycles. The second-order valence-electron chi connectivity index (χ2n) is 4.55. The molecule has 0 bridgehead atoms. The van der Waals surface area contributed by atoms with E-state index in [2.05, 4.69) is 29.4 Å². The molecular formula is C16H20N2O. The molecule has 1 N–H and O–H groups in total. The monoisotopic (exact) mass is 256 g/mol. The van der Waals surface area contributed by atoms with Gasteiger partial charge >= 0.3 is 0 Å². The summed E-state index contributed by atoms with van der Waals surface area (Å²) in [6, 6.07) is 14.3. The number of pyridine rings is 1. The summed E-state index contributed by atoms with van der Waals surface area (Å²) in [5.74, 6) is 1.17. The van der Waals surface area contributed by atoms with Crippen LogP contribution in [0, 0.1) is 0 Å². The lowest BCUT2D eigenvalue weighted by Gasteiger charge is -2.25. The van der Waals surface area contributed by atoms with Gasteiger partial charge in [0.2, 0.25) is 0 Å². The molecule has 0 aliphatic rings. The maximum atomic E-state index is 5.45. The first-order chi connectivity index (χ1) is 9.27. The van der Waals surface area contributed by atoms with Crippen molar-refractivity contribution in [2.24, 2.45) is 0 Å². The van der Waals surface area contributed by atoms with Crippen LogP contribution in [0.1, 0.15) is 30.1 Å². The number of nitrogens with zero attached hydrogens (tertiary/aromatic N) is 1. The van der Waals surface area contributed by atoms with Crippen molar-refractivity contribution in [3.05, 3.63) is 59.9 Å². The van der Waals surface area contributed by atoms with Crippen LogP contribution in [0.3, 0.4) is 0 Å². The lowest BCUT2D eigenvalue weighted by Crippen LogP contribution is -2.23. The van der Waals surface area contributed by atoms with Crippen molar-refractivity contribution in [3.8, 4) is 5.75 Å². The van der Waals surface area contributed by atoms with Gasteiger partial charge in [-0.15, -0.1) is 0 Å². The lowest BCUT2D eigenvalue weighted by molar-refractivity contribution is 0.393. The molecule has 0 saturated carbocycles. The molecular weight excluding hydrogens is 236 g/mol. The molecule has 3 heteroatoms. The van der Waals surface area contributed by atoms with Crippen molar-refractivity contribution in [1.29, 1.82) is 0 Å². The molecule has 19 heavy (non-hydrogen) atoms. The largest absolute Gasteiger partial charge is 0.496 e. The Balaban J connectivity index is 2.34. The Kier molecular flexibility index (Phi) is 4.53. The quantitative estimate of drug-likeness (QED) is 0.892. The van der Waals surface area contributed by atoms with Gasteiger partial charge in [-0.25, -0.2) is 0 Å². The number of rotatable bonds is 5. The third-order valence-corrected chi connectivity index (χ3v) is 3.44. The molecule has 0 fully saturated rings. The highest BCUT2D eigenvalue weighted by atomic mass is 16.5. The fourth-order valence-electron chi connectivity index (χ4n) is 2.41. The first-order valence-corrected chi connectivity index (χ1v) is 6.49. The summed E-state index contributed by atoms with van der Waals surface area (Å²) < 4.78 is 5.45. The standard InChI is InChI=1S/C16H20N2O/c1-12(14-9-6-7-11-18-14)16(17-2)13-8-4-5-10-15(13)19-3/h4-12,16-17H,1-3H3. The fourth-order valence-corrected chi connectivity index (χ4v) is 2.41. The van der Waals surface area contributed by atoms with E-state index in [-0.39, 0.29) is 12.0 Å². The SMILES string of the molecule is CNC(c1ccccc1OC)C(C)c1ccccn1. The minimum absolute atomic E-state index is 0.172. The maximum absolute atomic E-state index is 5.45. The van der Waals surface area contributed by atoms with Crippen molar-refractivity contribution < 1.29 is 4.74 Å². The average molecular weight is 256 g/mol. The van der Waals surface area contributed by atoms with Crippen LogP contribution in [0.25, 0.3) is 0 Å². The van der Waals surface area contributed by atoms with E-state index in [1.807, 2.05) is 43.6 Å². The number of hydrogen-bond acceptors (Lipinski definition) is 3. The molecule has 1 heterocycles. The van der Waals surface area contributed by atoms with E-state index in [1.165, 1.54) is 0 Å². The Labute approximate surface area is 114 Å². The van der Waals surface area contributed by atoms with E-state index in [4.69, 9.17) is 4.74 Å². The smallest absolute Gasteiger partial charge is 0.123 e. The first kappa shape index (κ1) is 13.6. The second kappa shape index (κ2) is 6.34. The van der Waals surface area contributed by atoms with Crippen LogP contribution in [0.15, 0.2) is 48.7 Å². The van der Waals surface area contributed by atoms with Gasteiger partial charge in [0, 0.05) is 29.4 Å². The van der Waals surface area contributed by atoms with E-state index in [1.54, 1.807) is 7.11 Å². The molecule has 2 unspecified atom stereocenters. The maximum Gasteiger partial charge on any atom is 0.123 e. The van der Waals surface area contributed by atoms with Crippen LogP contribution in [-0.2, 0) is 0 Å².